The van der Waals surface area contributed by atoms with E-state index in [-0.39, 0.29) is 0 Å². The average Bonchev–Trinajstić information content (AvgIpc) is 2.37. The van der Waals surface area contributed by atoms with E-state index in [1.165, 1.54) is 11.1 Å². The predicted molar refractivity (Wildman–Crippen MR) is 64.1 cm³/mol. The summed E-state index contributed by atoms with van der Waals surface area (Å²) in [4.78, 5) is 5.99. The van der Waals surface area contributed by atoms with Crippen molar-refractivity contribution in [1.82, 2.24) is 0 Å². The van der Waals surface area contributed by atoms with E-state index in [0.717, 1.165) is 0 Å². The highest BCUT2D eigenvalue weighted by Crippen LogP contribution is 2.00. The molecule has 78 valence electrons. The Morgan fingerprint density at radius 3 is 1.38 bits per heavy atom. The highest BCUT2D eigenvalue weighted by molar-refractivity contribution is 5.55. The molecule has 0 aliphatic rings. The standard InChI is InChI=1S/C14H12N2/c1(3-13-5-9-15-10-6-13)2-4-14-7-11-16-12-8-14/h1-12H/p+2/b3-1-,4-2-. The molecule has 2 heteroatoms. The molecule has 0 atom stereocenters. The highest BCUT2D eigenvalue weighted by atomic mass is 14.6. The Labute approximate surface area is 95.0 Å². The summed E-state index contributed by atoms with van der Waals surface area (Å²) in [7, 11) is 0. The second kappa shape index (κ2) is 5.61. The van der Waals surface area contributed by atoms with Crippen molar-refractivity contribution in [3.05, 3.63) is 72.3 Å². The summed E-state index contributed by atoms with van der Waals surface area (Å²) in [6.45, 7) is 0. The number of aromatic amines is 2. The lowest BCUT2D eigenvalue weighted by Gasteiger charge is -1.86. The number of nitrogens with one attached hydrogen (secondary N) is 2. The van der Waals surface area contributed by atoms with Crippen LogP contribution in [0.15, 0.2) is 61.2 Å². The summed E-state index contributed by atoms with van der Waals surface area (Å²) in [6.07, 6.45) is 15.9. The van der Waals surface area contributed by atoms with Gasteiger partial charge in [-0.05, 0) is 11.1 Å². The Bertz CT molecular complexity index is 425. The Hall–Kier alpha value is -2.22. The third kappa shape index (κ3) is 3.17. The SMILES string of the molecule is C(/C=C\c1cc[nH+]cc1)=C/c1cc[nH+]cc1. The Morgan fingerprint density at radius 1 is 0.625 bits per heavy atom. The smallest absolute Gasteiger partial charge is 0.167 e. The maximum atomic E-state index is 2.99. The molecule has 2 N–H and O–H groups in total. The summed E-state index contributed by atoms with van der Waals surface area (Å²) in [5, 5.41) is 0. The third-order valence-electron chi connectivity index (χ3n) is 2.18. The van der Waals surface area contributed by atoms with E-state index in [0.29, 0.717) is 0 Å². The van der Waals surface area contributed by atoms with E-state index >= 15 is 0 Å². The molecule has 0 fully saturated rings. The molecular weight excluding hydrogens is 196 g/mol. The monoisotopic (exact) mass is 210 g/mol. The van der Waals surface area contributed by atoms with Gasteiger partial charge in [0.25, 0.3) is 0 Å². The van der Waals surface area contributed by atoms with Crippen LogP contribution in [0.1, 0.15) is 11.1 Å². The normalized spacial score (nSPS) is 11.2. The third-order valence-corrected chi connectivity index (χ3v) is 2.18. The number of allylic oxidation sites excluding steroid dienone is 2. The van der Waals surface area contributed by atoms with Crippen LogP contribution in [0.5, 0.6) is 0 Å². The lowest BCUT2D eigenvalue weighted by atomic mass is 10.2. The zero-order valence-electron chi connectivity index (χ0n) is 8.93. The minimum absolute atomic E-state index is 1.18. The quantitative estimate of drug-likeness (QED) is 0.694. The summed E-state index contributed by atoms with van der Waals surface area (Å²) >= 11 is 0. The van der Waals surface area contributed by atoms with Gasteiger partial charge in [-0.15, -0.1) is 0 Å². The van der Waals surface area contributed by atoms with E-state index in [1.807, 2.05) is 61.2 Å². The topological polar surface area (TPSA) is 28.3 Å². The lowest BCUT2D eigenvalue weighted by Crippen LogP contribution is -1.96. The Kier molecular flexibility index (Phi) is 3.61. The zero-order chi connectivity index (χ0) is 11.1. The van der Waals surface area contributed by atoms with Crippen molar-refractivity contribution < 1.29 is 9.97 Å². The molecule has 2 rings (SSSR count). The van der Waals surface area contributed by atoms with Gasteiger partial charge < -0.3 is 0 Å². The fourth-order valence-corrected chi connectivity index (χ4v) is 1.36. The van der Waals surface area contributed by atoms with Crippen LogP contribution in [0.25, 0.3) is 12.2 Å². The summed E-state index contributed by atoms with van der Waals surface area (Å²) in [5.41, 5.74) is 2.37. The number of aromatic nitrogens is 2. The summed E-state index contributed by atoms with van der Waals surface area (Å²) < 4.78 is 0. The average molecular weight is 210 g/mol. The number of hydrogen-bond acceptors (Lipinski definition) is 0. The van der Waals surface area contributed by atoms with Crippen molar-refractivity contribution in [1.29, 1.82) is 0 Å². The van der Waals surface area contributed by atoms with E-state index in [1.54, 1.807) is 0 Å². The van der Waals surface area contributed by atoms with Crippen LogP contribution in [0.4, 0.5) is 0 Å². The molecule has 0 amide bonds. The summed E-state index contributed by atoms with van der Waals surface area (Å²) in [6, 6.07) is 8.12. The van der Waals surface area contributed by atoms with E-state index in [4.69, 9.17) is 0 Å². The molecule has 0 saturated heterocycles. The lowest BCUT2D eigenvalue weighted by molar-refractivity contribution is -0.378. The molecular formula is C14H14N2+2. The van der Waals surface area contributed by atoms with Crippen molar-refractivity contribution in [2.45, 2.75) is 0 Å². The van der Waals surface area contributed by atoms with Crippen molar-refractivity contribution >= 4 is 12.2 Å². The molecule has 0 bridgehead atoms. The van der Waals surface area contributed by atoms with Crippen molar-refractivity contribution in [3.63, 3.8) is 0 Å². The maximum Gasteiger partial charge on any atom is 0.167 e. The van der Waals surface area contributed by atoms with Crippen LogP contribution in [0, 0.1) is 0 Å². The molecule has 2 heterocycles. The second-order valence-corrected chi connectivity index (χ2v) is 3.38. The van der Waals surface area contributed by atoms with Gasteiger partial charge in [0, 0.05) is 24.3 Å². The van der Waals surface area contributed by atoms with Gasteiger partial charge in [0.1, 0.15) is 0 Å². The van der Waals surface area contributed by atoms with Crippen LogP contribution >= 0.6 is 0 Å². The molecule has 0 spiro atoms. The van der Waals surface area contributed by atoms with Crippen molar-refractivity contribution in [3.8, 4) is 0 Å². The number of rotatable bonds is 3. The van der Waals surface area contributed by atoms with E-state index in [2.05, 4.69) is 22.1 Å². The highest BCUT2D eigenvalue weighted by Gasteiger charge is 1.86. The molecule has 2 aromatic rings. The maximum absolute atomic E-state index is 2.99. The molecule has 0 radical (unpaired) electrons. The van der Waals surface area contributed by atoms with Crippen LogP contribution in [0.2, 0.25) is 0 Å². The fourth-order valence-electron chi connectivity index (χ4n) is 1.36. The molecule has 2 aromatic heterocycles. The van der Waals surface area contributed by atoms with Gasteiger partial charge in [-0.1, -0.05) is 24.3 Å². The second-order valence-electron chi connectivity index (χ2n) is 3.38. The van der Waals surface area contributed by atoms with Crippen molar-refractivity contribution in [2.75, 3.05) is 0 Å². The van der Waals surface area contributed by atoms with Crippen LogP contribution in [0.3, 0.4) is 0 Å². The number of H-pyrrole nitrogens is 2. The van der Waals surface area contributed by atoms with E-state index in [9.17, 15) is 0 Å². The first-order valence-electron chi connectivity index (χ1n) is 5.22. The summed E-state index contributed by atoms with van der Waals surface area (Å²) in [5.74, 6) is 0. The first-order valence-corrected chi connectivity index (χ1v) is 5.22. The molecule has 2 nitrogen and oxygen atoms in total. The largest absolute Gasteiger partial charge is 0.218 e. The Balaban J connectivity index is 1.98. The van der Waals surface area contributed by atoms with Gasteiger partial charge in [0.2, 0.25) is 0 Å². The van der Waals surface area contributed by atoms with Gasteiger partial charge >= 0.3 is 0 Å². The minimum Gasteiger partial charge on any atom is -0.218 e. The van der Waals surface area contributed by atoms with Gasteiger partial charge in [-0.2, -0.15) is 0 Å². The molecule has 0 aliphatic carbocycles. The first-order chi connectivity index (χ1) is 7.95. The van der Waals surface area contributed by atoms with Crippen LogP contribution < -0.4 is 9.97 Å². The van der Waals surface area contributed by atoms with Crippen molar-refractivity contribution in [2.24, 2.45) is 0 Å². The van der Waals surface area contributed by atoms with Gasteiger partial charge in [0.05, 0.1) is 0 Å². The predicted octanol–water partition coefficient (Wildman–Crippen LogP) is 2.04. The Morgan fingerprint density at radius 2 is 1.00 bits per heavy atom. The first kappa shape index (κ1) is 10.3. The number of pyridine rings is 2. The van der Waals surface area contributed by atoms with Gasteiger partial charge in [-0.3, -0.25) is 0 Å². The molecule has 0 unspecified atom stereocenters. The minimum atomic E-state index is 1.18. The van der Waals surface area contributed by atoms with Gasteiger partial charge in [-0.25, -0.2) is 9.97 Å². The van der Waals surface area contributed by atoms with Crippen LogP contribution in [-0.4, -0.2) is 0 Å². The van der Waals surface area contributed by atoms with Gasteiger partial charge in [0.15, 0.2) is 24.8 Å². The van der Waals surface area contributed by atoms with Crippen LogP contribution in [-0.2, 0) is 0 Å². The molecule has 0 saturated carbocycles. The molecule has 16 heavy (non-hydrogen) atoms. The zero-order valence-corrected chi connectivity index (χ0v) is 8.93. The number of hydrogen-bond donors (Lipinski definition) is 0. The van der Waals surface area contributed by atoms with E-state index < -0.39 is 0 Å². The molecule has 0 aromatic carbocycles. The molecule has 0 aliphatic heterocycles. The fraction of sp³-hybridized carbons (Fsp3) is 0.